The van der Waals surface area contributed by atoms with Gasteiger partial charge in [0, 0.05) is 17.9 Å². The summed E-state index contributed by atoms with van der Waals surface area (Å²) in [6, 6.07) is 14.3. The molecule has 7 heteroatoms. The summed E-state index contributed by atoms with van der Waals surface area (Å²) in [6.07, 6.45) is 2.52. The highest BCUT2D eigenvalue weighted by atomic mass is 16.4. The third kappa shape index (κ3) is 7.37. The lowest BCUT2D eigenvalue weighted by molar-refractivity contribution is -0.138. The number of aliphatic carboxylic acids is 1. The van der Waals surface area contributed by atoms with Gasteiger partial charge in [-0.15, -0.1) is 0 Å². The summed E-state index contributed by atoms with van der Waals surface area (Å²) < 4.78 is 0. The highest BCUT2D eigenvalue weighted by molar-refractivity contribution is 5.89. The second-order valence-corrected chi connectivity index (χ2v) is 6.44. The number of carboxylic acid groups (broad SMARTS) is 1. The van der Waals surface area contributed by atoms with E-state index in [0.29, 0.717) is 31.5 Å². The molecule has 27 heavy (non-hydrogen) atoms. The molecule has 1 atom stereocenters. The first-order valence-corrected chi connectivity index (χ1v) is 8.90. The molecule has 144 valence electrons. The fourth-order valence-electron chi connectivity index (χ4n) is 2.57. The summed E-state index contributed by atoms with van der Waals surface area (Å²) in [7, 11) is 0. The number of rotatable bonds is 9. The fourth-order valence-corrected chi connectivity index (χ4v) is 2.57. The number of carbonyl (C=O) groups is 2. The Kier molecular flexibility index (Phi) is 7.63. The van der Waals surface area contributed by atoms with Crippen molar-refractivity contribution in [3.63, 3.8) is 0 Å². The number of carboxylic acids is 1. The van der Waals surface area contributed by atoms with Gasteiger partial charge in [-0.05, 0) is 61.1 Å². The van der Waals surface area contributed by atoms with Crippen molar-refractivity contribution in [2.75, 3.05) is 17.6 Å². The highest BCUT2D eigenvalue weighted by Gasteiger charge is 2.10. The van der Waals surface area contributed by atoms with E-state index in [-0.39, 0.29) is 6.03 Å². The Bertz CT molecular complexity index is 745. The zero-order chi connectivity index (χ0) is 19.6. The molecule has 0 heterocycles. The number of nitrogens with one attached hydrogen (secondary N) is 2. The maximum Gasteiger partial charge on any atom is 0.320 e. The molecule has 2 rings (SSSR count). The van der Waals surface area contributed by atoms with E-state index in [1.54, 1.807) is 0 Å². The summed E-state index contributed by atoms with van der Waals surface area (Å²) >= 11 is 0. The lowest BCUT2D eigenvalue weighted by atomic mass is 10.0. The molecule has 0 aliphatic rings. The quantitative estimate of drug-likeness (QED) is 0.342. The van der Waals surface area contributed by atoms with Gasteiger partial charge >= 0.3 is 12.0 Å². The van der Waals surface area contributed by atoms with E-state index >= 15 is 0 Å². The second kappa shape index (κ2) is 10.2. The number of hydrogen-bond donors (Lipinski definition) is 5. The summed E-state index contributed by atoms with van der Waals surface area (Å²) in [6.45, 7) is 0.466. The van der Waals surface area contributed by atoms with Crippen molar-refractivity contribution < 1.29 is 14.7 Å². The molecule has 0 spiro atoms. The van der Waals surface area contributed by atoms with Crippen LogP contribution in [0.1, 0.15) is 30.4 Å². The molecule has 0 aromatic heterocycles. The molecule has 0 aliphatic carbocycles. The number of carbonyl (C=O) groups excluding carboxylic acids is 1. The van der Waals surface area contributed by atoms with E-state index in [4.69, 9.17) is 16.6 Å². The predicted molar refractivity (Wildman–Crippen MR) is 107 cm³/mol. The van der Waals surface area contributed by atoms with Gasteiger partial charge in [0.2, 0.25) is 0 Å². The van der Waals surface area contributed by atoms with E-state index in [0.717, 1.165) is 17.7 Å². The number of urea groups is 1. The van der Waals surface area contributed by atoms with Gasteiger partial charge < -0.3 is 27.2 Å². The van der Waals surface area contributed by atoms with E-state index in [1.807, 2.05) is 48.5 Å². The number of benzene rings is 2. The number of hydrogen-bond acceptors (Lipinski definition) is 4. The minimum Gasteiger partial charge on any atom is -0.480 e. The van der Waals surface area contributed by atoms with Crippen LogP contribution in [0.25, 0.3) is 0 Å². The largest absolute Gasteiger partial charge is 0.480 e. The average Bonchev–Trinajstić information content (AvgIpc) is 2.64. The van der Waals surface area contributed by atoms with E-state index in [1.165, 1.54) is 5.56 Å². The van der Waals surface area contributed by atoms with E-state index in [9.17, 15) is 9.59 Å². The van der Waals surface area contributed by atoms with Crippen LogP contribution in [0.2, 0.25) is 0 Å². The fraction of sp³-hybridized carbons (Fsp3) is 0.300. The number of nitrogens with two attached hydrogens (primary N) is 2. The maximum absolute atomic E-state index is 11.9. The van der Waals surface area contributed by atoms with Gasteiger partial charge in [0.25, 0.3) is 0 Å². The van der Waals surface area contributed by atoms with Gasteiger partial charge in [0.05, 0.1) is 0 Å². The van der Waals surface area contributed by atoms with Crippen molar-refractivity contribution in [3.8, 4) is 0 Å². The molecule has 2 aromatic rings. The van der Waals surface area contributed by atoms with Crippen LogP contribution in [0.3, 0.4) is 0 Å². The molecule has 2 amide bonds. The maximum atomic E-state index is 11.9. The Morgan fingerprint density at radius 2 is 1.56 bits per heavy atom. The zero-order valence-corrected chi connectivity index (χ0v) is 15.2. The van der Waals surface area contributed by atoms with Crippen molar-refractivity contribution in [2.24, 2.45) is 5.73 Å². The number of unbranched alkanes of at least 4 members (excludes halogenated alkanes) is 1. The van der Waals surface area contributed by atoms with Crippen LogP contribution in [0, 0.1) is 0 Å². The summed E-state index contributed by atoms with van der Waals surface area (Å²) in [4.78, 5) is 22.5. The Morgan fingerprint density at radius 1 is 0.963 bits per heavy atom. The molecular weight excluding hydrogens is 344 g/mol. The van der Waals surface area contributed by atoms with Gasteiger partial charge in [-0.2, -0.15) is 0 Å². The van der Waals surface area contributed by atoms with E-state index in [2.05, 4.69) is 10.6 Å². The lowest BCUT2D eigenvalue weighted by Gasteiger charge is -2.09. The summed E-state index contributed by atoms with van der Waals surface area (Å²) in [5.74, 6) is -0.999. The van der Waals surface area contributed by atoms with Crippen LogP contribution in [-0.4, -0.2) is 29.7 Å². The topological polar surface area (TPSA) is 130 Å². The Labute approximate surface area is 158 Å². The van der Waals surface area contributed by atoms with Crippen LogP contribution in [0.5, 0.6) is 0 Å². The Morgan fingerprint density at radius 3 is 2.15 bits per heavy atom. The van der Waals surface area contributed by atoms with Crippen LogP contribution in [-0.2, 0) is 11.2 Å². The van der Waals surface area contributed by atoms with Crippen LogP contribution < -0.4 is 22.1 Å². The molecule has 0 aliphatic heterocycles. The van der Waals surface area contributed by atoms with Crippen molar-refractivity contribution in [1.82, 2.24) is 5.32 Å². The zero-order valence-electron chi connectivity index (χ0n) is 15.2. The van der Waals surface area contributed by atoms with Gasteiger partial charge in [0.15, 0.2) is 0 Å². The first kappa shape index (κ1) is 20.3. The molecular formula is C20H26N4O3. The first-order valence-electron chi connectivity index (χ1n) is 8.90. The molecule has 0 fully saturated rings. The smallest absolute Gasteiger partial charge is 0.320 e. The second-order valence-electron chi connectivity index (χ2n) is 6.44. The Balaban J connectivity index is 1.70. The number of amides is 2. The monoisotopic (exact) mass is 370 g/mol. The molecule has 7 N–H and O–H groups in total. The lowest BCUT2D eigenvalue weighted by Crippen LogP contribution is -2.31. The van der Waals surface area contributed by atoms with Crippen molar-refractivity contribution in [1.29, 1.82) is 0 Å². The van der Waals surface area contributed by atoms with Gasteiger partial charge in [-0.1, -0.05) is 24.3 Å². The SMILES string of the molecule is Nc1ccc(Cc2ccc(NC(=O)NCCCC[C@H](N)C(=O)O)cc2)cc1. The standard InChI is InChI=1S/C20H26N4O3/c21-16-8-4-14(5-9-16)13-15-6-10-17(11-7-15)24-20(27)23-12-2-1-3-18(22)19(25)26/h4-11,18H,1-3,12-13,21-22H2,(H,25,26)(H2,23,24,27)/t18-/m0/s1. The third-order valence-corrected chi connectivity index (χ3v) is 4.14. The third-order valence-electron chi connectivity index (χ3n) is 4.14. The molecule has 0 saturated carbocycles. The Hall–Kier alpha value is -3.06. The van der Waals surface area contributed by atoms with Crippen molar-refractivity contribution in [3.05, 3.63) is 59.7 Å². The molecule has 0 unspecified atom stereocenters. The highest BCUT2D eigenvalue weighted by Crippen LogP contribution is 2.14. The number of nitrogen functional groups attached to an aromatic ring is 1. The minimum atomic E-state index is -0.999. The van der Waals surface area contributed by atoms with Crippen molar-refractivity contribution in [2.45, 2.75) is 31.7 Å². The van der Waals surface area contributed by atoms with Crippen molar-refractivity contribution >= 4 is 23.4 Å². The number of anilines is 2. The summed E-state index contributed by atoms with van der Waals surface area (Å²) in [5.41, 5.74) is 14.9. The van der Waals surface area contributed by atoms with Crippen LogP contribution in [0.4, 0.5) is 16.2 Å². The average molecular weight is 370 g/mol. The molecule has 7 nitrogen and oxygen atoms in total. The molecule has 0 bridgehead atoms. The predicted octanol–water partition coefficient (Wildman–Crippen LogP) is 2.56. The normalized spacial score (nSPS) is 11.6. The van der Waals surface area contributed by atoms with Crippen LogP contribution >= 0.6 is 0 Å². The van der Waals surface area contributed by atoms with Crippen LogP contribution in [0.15, 0.2) is 48.5 Å². The molecule has 0 saturated heterocycles. The first-order chi connectivity index (χ1) is 12.9. The minimum absolute atomic E-state index is 0.288. The van der Waals surface area contributed by atoms with E-state index < -0.39 is 12.0 Å². The van der Waals surface area contributed by atoms with Gasteiger partial charge in [-0.3, -0.25) is 4.79 Å². The molecule has 0 radical (unpaired) electrons. The van der Waals surface area contributed by atoms with Gasteiger partial charge in [0.1, 0.15) is 6.04 Å². The summed E-state index contributed by atoms with van der Waals surface area (Å²) in [5, 5.41) is 14.2. The van der Waals surface area contributed by atoms with Gasteiger partial charge in [-0.25, -0.2) is 4.79 Å². The molecule has 2 aromatic carbocycles.